The zero-order valence-corrected chi connectivity index (χ0v) is 11.3. The van der Waals surface area contributed by atoms with Crippen LogP contribution in [0.3, 0.4) is 0 Å². The van der Waals surface area contributed by atoms with Gasteiger partial charge in [-0.25, -0.2) is 14.8 Å². The molecule has 1 aliphatic rings. The fraction of sp³-hybridized carbons (Fsp3) is 0.571. The Morgan fingerprint density at radius 3 is 2.10 bits per heavy atom. The van der Waals surface area contributed by atoms with Gasteiger partial charge >= 0.3 is 5.97 Å². The Morgan fingerprint density at radius 2 is 1.55 bits per heavy atom. The topological polar surface area (TPSA) is 92.2 Å². The van der Waals surface area contributed by atoms with Crippen LogP contribution in [-0.2, 0) is 0 Å². The van der Waals surface area contributed by atoms with Crippen molar-refractivity contribution in [1.29, 1.82) is 0 Å². The molecule has 6 nitrogen and oxygen atoms in total. The zero-order valence-electron chi connectivity index (χ0n) is 11.3. The average molecular weight is 277 g/mol. The molecule has 1 amide bonds. The molecule has 108 valence electrons. The van der Waals surface area contributed by atoms with Gasteiger partial charge in [0.15, 0.2) is 5.69 Å². The van der Waals surface area contributed by atoms with E-state index in [9.17, 15) is 9.59 Å². The van der Waals surface area contributed by atoms with E-state index in [1.165, 1.54) is 25.5 Å². The highest BCUT2D eigenvalue weighted by molar-refractivity contribution is 5.92. The number of nitrogens with one attached hydrogen (secondary N) is 1. The normalized spacial score (nSPS) is 17.0. The first kappa shape index (κ1) is 14.4. The summed E-state index contributed by atoms with van der Waals surface area (Å²) in [6.45, 7) is 0. The van der Waals surface area contributed by atoms with E-state index in [-0.39, 0.29) is 23.3 Å². The summed E-state index contributed by atoms with van der Waals surface area (Å²) in [4.78, 5) is 30.3. The molecule has 0 unspecified atom stereocenters. The molecule has 1 fully saturated rings. The van der Waals surface area contributed by atoms with Crippen molar-refractivity contribution in [3.8, 4) is 0 Å². The fourth-order valence-electron chi connectivity index (χ4n) is 2.42. The van der Waals surface area contributed by atoms with Crippen molar-refractivity contribution in [2.45, 2.75) is 51.0 Å². The highest BCUT2D eigenvalue weighted by Crippen LogP contribution is 2.17. The van der Waals surface area contributed by atoms with Crippen molar-refractivity contribution >= 4 is 11.9 Å². The van der Waals surface area contributed by atoms with E-state index in [1.54, 1.807) is 0 Å². The Bertz CT molecular complexity index is 465. The largest absolute Gasteiger partial charge is 0.476 e. The lowest BCUT2D eigenvalue weighted by Crippen LogP contribution is -2.35. The number of hydrogen-bond donors (Lipinski definition) is 2. The van der Waals surface area contributed by atoms with Crippen LogP contribution in [0.5, 0.6) is 0 Å². The maximum absolute atomic E-state index is 12.0. The van der Waals surface area contributed by atoms with E-state index in [0.717, 1.165) is 31.9 Å². The number of aromatic nitrogens is 2. The first-order chi connectivity index (χ1) is 9.66. The lowest BCUT2D eigenvalue weighted by atomic mass is 9.96. The number of rotatable bonds is 3. The van der Waals surface area contributed by atoms with Gasteiger partial charge in [0.25, 0.3) is 5.91 Å². The summed E-state index contributed by atoms with van der Waals surface area (Å²) in [6, 6.07) is 0.184. The standard InChI is InChI=1S/C14H19N3O3/c18-13(11-8-16-12(9-15-11)14(19)20)17-10-6-4-2-1-3-5-7-10/h8-10H,1-7H2,(H,17,18)(H,19,20). The van der Waals surface area contributed by atoms with Gasteiger partial charge in [0.2, 0.25) is 0 Å². The molecule has 0 bridgehead atoms. The molecule has 0 atom stereocenters. The van der Waals surface area contributed by atoms with Crippen molar-refractivity contribution < 1.29 is 14.7 Å². The van der Waals surface area contributed by atoms with Gasteiger partial charge in [-0.05, 0) is 12.8 Å². The fourth-order valence-corrected chi connectivity index (χ4v) is 2.42. The minimum absolute atomic E-state index is 0.160. The lowest BCUT2D eigenvalue weighted by molar-refractivity contribution is 0.0688. The first-order valence-electron chi connectivity index (χ1n) is 7.03. The molecule has 0 aliphatic heterocycles. The van der Waals surface area contributed by atoms with Crippen LogP contribution in [0.1, 0.15) is 65.9 Å². The van der Waals surface area contributed by atoms with Crippen LogP contribution in [0.2, 0.25) is 0 Å². The molecule has 0 saturated heterocycles. The summed E-state index contributed by atoms with van der Waals surface area (Å²) in [6.07, 6.45) is 10.3. The van der Waals surface area contributed by atoms with Gasteiger partial charge < -0.3 is 10.4 Å². The van der Waals surface area contributed by atoms with Gasteiger partial charge in [-0.15, -0.1) is 0 Å². The molecule has 1 aromatic rings. The van der Waals surface area contributed by atoms with Crippen molar-refractivity contribution in [3.63, 3.8) is 0 Å². The third-order valence-corrected chi connectivity index (χ3v) is 3.54. The molecule has 0 radical (unpaired) electrons. The van der Waals surface area contributed by atoms with Gasteiger partial charge in [-0.1, -0.05) is 32.1 Å². The number of carbonyl (C=O) groups excluding carboxylic acids is 1. The predicted molar refractivity (Wildman–Crippen MR) is 72.6 cm³/mol. The maximum atomic E-state index is 12.0. The minimum atomic E-state index is -1.15. The third-order valence-electron chi connectivity index (χ3n) is 3.54. The molecule has 1 heterocycles. The molecule has 20 heavy (non-hydrogen) atoms. The Balaban J connectivity index is 1.94. The van der Waals surface area contributed by atoms with Gasteiger partial charge in [0.05, 0.1) is 12.4 Å². The number of carboxylic acids is 1. The first-order valence-corrected chi connectivity index (χ1v) is 7.03. The molecule has 0 aromatic carbocycles. The van der Waals surface area contributed by atoms with E-state index >= 15 is 0 Å². The number of amides is 1. The Hall–Kier alpha value is -1.98. The van der Waals surface area contributed by atoms with E-state index in [1.807, 2.05) is 0 Å². The molecular weight excluding hydrogens is 258 g/mol. The second-order valence-corrected chi connectivity index (χ2v) is 5.11. The SMILES string of the molecule is O=C(O)c1cnc(C(=O)NC2CCCCCCC2)cn1. The van der Waals surface area contributed by atoms with Gasteiger partial charge in [-0.3, -0.25) is 4.79 Å². The number of nitrogens with zero attached hydrogens (tertiary/aromatic N) is 2. The monoisotopic (exact) mass is 277 g/mol. The van der Waals surface area contributed by atoms with E-state index < -0.39 is 5.97 Å². The summed E-state index contributed by atoms with van der Waals surface area (Å²) >= 11 is 0. The van der Waals surface area contributed by atoms with E-state index in [4.69, 9.17) is 5.11 Å². The van der Waals surface area contributed by atoms with Gasteiger partial charge in [-0.2, -0.15) is 0 Å². The van der Waals surface area contributed by atoms with Crippen molar-refractivity contribution in [2.24, 2.45) is 0 Å². The van der Waals surface area contributed by atoms with Crippen LogP contribution in [0.15, 0.2) is 12.4 Å². The number of carboxylic acid groups (broad SMARTS) is 1. The second kappa shape index (κ2) is 6.98. The highest BCUT2D eigenvalue weighted by atomic mass is 16.4. The Labute approximate surface area is 117 Å². The number of hydrogen-bond acceptors (Lipinski definition) is 4. The smallest absolute Gasteiger partial charge is 0.356 e. The molecule has 2 N–H and O–H groups in total. The molecule has 2 rings (SSSR count). The van der Waals surface area contributed by atoms with Gasteiger partial charge in [0.1, 0.15) is 5.69 Å². The van der Waals surface area contributed by atoms with Crippen molar-refractivity contribution in [1.82, 2.24) is 15.3 Å². The summed E-state index contributed by atoms with van der Waals surface area (Å²) in [5.41, 5.74) is 0.00423. The number of aromatic carboxylic acids is 1. The third kappa shape index (κ3) is 4.01. The molecular formula is C14H19N3O3. The van der Waals surface area contributed by atoms with Crippen LogP contribution in [0.4, 0.5) is 0 Å². The second-order valence-electron chi connectivity index (χ2n) is 5.11. The van der Waals surface area contributed by atoms with Crippen LogP contribution < -0.4 is 5.32 Å². The Morgan fingerprint density at radius 1 is 1.00 bits per heavy atom. The van der Waals surface area contributed by atoms with Crippen molar-refractivity contribution in [2.75, 3.05) is 0 Å². The predicted octanol–water partition coefficient (Wildman–Crippen LogP) is 2.02. The number of carbonyl (C=O) groups is 2. The molecule has 0 spiro atoms. The van der Waals surface area contributed by atoms with Crippen LogP contribution in [0.25, 0.3) is 0 Å². The van der Waals surface area contributed by atoms with E-state index in [2.05, 4.69) is 15.3 Å². The van der Waals surface area contributed by atoms with Crippen molar-refractivity contribution in [3.05, 3.63) is 23.8 Å². The summed E-state index contributed by atoms with van der Waals surface area (Å²) in [5, 5.41) is 11.7. The Kier molecular flexibility index (Phi) is 5.03. The molecule has 6 heteroatoms. The molecule has 1 saturated carbocycles. The zero-order chi connectivity index (χ0) is 14.4. The molecule has 1 aliphatic carbocycles. The molecule has 1 aromatic heterocycles. The lowest BCUT2D eigenvalue weighted by Gasteiger charge is -2.20. The van der Waals surface area contributed by atoms with Crippen LogP contribution in [0, 0.1) is 0 Å². The summed E-state index contributed by atoms with van der Waals surface area (Å²) < 4.78 is 0. The summed E-state index contributed by atoms with van der Waals surface area (Å²) in [7, 11) is 0. The van der Waals surface area contributed by atoms with Crippen LogP contribution >= 0.6 is 0 Å². The summed E-state index contributed by atoms with van der Waals surface area (Å²) in [5.74, 6) is -1.43. The van der Waals surface area contributed by atoms with Crippen LogP contribution in [-0.4, -0.2) is 33.0 Å². The maximum Gasteiger partial charge on any atom is 0.356 e. The van der Waals surface area contributed by atoms with Gasteiger partial charge in [0, 0.05) is 6.04 Å². The highest BCUT2D eigenvalue weighted by Gasteiger charge is 2.16. The minimum Gasteiger partial charge on any atom is -0.476 e. The average Bonchev–Trinajstić information content (AvgIpc) is 2.41. The van der Waals surface area contributed by atoms with E-state index in [0.29, 0.717) is 0 Å². The quantitative estimate of drug-likeness (QED) is 0.881.